The lowest BCUT2D eigenvalue weighted by molar-refractivity contribution is -0.130. The lowest BCUT2D eigenvalue weighted by Gasteiger charge is -2.20. The summed E-state index contributed by atoms with van der Waals surface area (Å²) in [4.78, 5) is 18.4. The maximum absolute atomic E-state index is 12.1. The van der Waals surface area contributed by atoms with E-state index in [0.29, 0.717) is 18.4 Å². The zero-order valence-electron chi connectivity index (χ0n) is 12.8. The molecule has 0 radical (unpaired) electrons. The van der Waals surface area contributed by atoms with Crippen molar-refractivity contribution in [2.24, 2.45) is 13.0 Å². The Morgan fingerprint density at radius 2 is 2.19 bits per heavy atom. The van der Waals surface area contributed by atoms with Crippen LogP contribution in [-0.2, 0) is 18.3 Å². The van der Waals surface area contributed by atoms with Crippen molar-refractivity contribution in [2.45, 2.75) is 44.6 Å². The molecule has 1 saturated carbocycles. The van der Waals surface area contributed by atoms with E-state index in [1.807, 2.05) is 11.7 Å². The Bertz CT molecular complexity index is 482. The number of aryl methyl sites for hydroxylation is 1. The first-order valence-electron chi connectivity index (χ1n) is 8.06. The fraction of sp³-hybridized carbons (Fsp3) is 0.800. The van der Waals surface area contributed by atoms with E-state index in [9.17, 15) is 4.79 Å². The number of likely N-dealkylation sites (tertiary alicyclic amines) is 1. The topological polar surface area (TPSA) is 63.1 Å². The van der Waals surface area contributed by atoms with Crippen LogP contribution in [0.25, 0.3) is 0 Å². The minimum absolute atomic E-state index is 0.347. The van der Waals surface area contributed by atoms with Gasteiger partial charge in [-0.1, -0.05) is 0 Å². The van der Waals surface area contributed by atoms with Crippen LogP contribution in [0.5, 0.6) is 0 Å². The molecule has 2 heterocycles. The molecule has 1 atom stereocenters. The minimum Gasteiger partial charge on any atom is -0.342 e. The smallest absolute Gasteiger partial charge is 0.222 e. The van der Waals surface area contributed by atoms with Gasteiger partial charge in [-0.2, -0.15) is 5.10 Å². The van der Waals surface area contributed by atoms with E-state index in [1.54, 1.807) is 6.33 Å². The van der Waals surface area contributed by atoms with Gasteiger partial charge in [0, 0.05) is 45.6 Å². The molecular formula is C15H25N5O. The average molecular weight is 291 g/mol. The number of carbonyl (C=O) groups is 1. The Morgan fingerprint density at radius 3 is 2.90 bits per heavy atom. The third kappa shape index (κ3) is 4.03. The van der Waals surface area contributed by atoms with Gasteiger partial charge >= 0.3 is 0 Å². The molecule has 1 amide bonds. The molecule has 2 fully saturated rings. The van der Waals surface area contributed by atoms with Crippen LogP contribution in [0, 0.1) is 5.92 Å². The van der Waals surface area contributed by atoms with Gasteiger partial charge in [0.1, 0.15) is 12.2 Å². The van der Waals surface area contributed by atoms with Crippen LogP contribution < -0.4 is 5.32 Å². The molecule has 1 aliphatic heterocycles. The Labute approximate surface area is 125 Å². The third-order valence-corrected chi connectivity index (χ3v) is 4.57. The number of nitrogens with zero attached hydrogens (tertiary/aromatic N) is 4. The van der Waals surface area contributed by atoms with Crippen LogP contribution in [0.4, 0.5) is 0 Å². The Balaban J connectivity index is 1.42. The van der Waals surface area contributed by atoms with E-state index in [2.05, 4.69) is 20.3 Å². The summed E-state index contributed by atoms with van der Waals surface area (Å²) in [5, 5.41) is 7.65. The van der Waals surface area contributed by atoms with Crippen molar-refractivity contribution >= 4 is 5.91 Å². The zero-order chi connectivity index (χ0) is 14.7. The Morgan fingerprint density at radius 1 is 1.33 bits per heavy atom. The quantitative estimate of drug-likeness (QED) is 0.839. The number of amides is 1. The van der Waals surface area contributed by atoms with Gasteiger partial charge in [-0.3, -0.25) is 9.48 Å². The number of carbonyl (C=O) groups excluding carboxylic acids is 1. The van der Waals surface area contributed by atoms with Gasteiger partial charge in [-0.15, -0.1) is 0 Å². The molecule has 1 aliphatic carbocycles. The molecule has 3 rings (SSSR count). The van der Waals surface area contributed by atoms with Gasteiger partial charge < -0.3 is 10.2 Å². The van der Waals surface area contributed by atoms with E-state index in [4.69, 9.17) is 0 Å². The molecular weight excluding hydrogens is 266 g/mol. The highest BCUT2D eigenvalue weighted by molar-refractivity contribution is 5.76. The highest BCUT2D eigenvalue weighted by atomic mass is 16.2. The lowest BCUT2D eigenvalue weighted by Crippen LogP contribution is -2.34. The maximum atomic E-state index is 12.1. The monoisotopic (exact) mass is 291 g/mol. The highest BCUT2D eigenvalue weighted by Gasteiger charge is 2.28. The molecule has 0 aromatic carbocycles. The number of hydrogen-bond acceptors (Lipinski definition) is 4. The third-order valence-electron chi connectivity index (χ3n) is 4.57. The molecule has 0 bridgehead atoms. The predicted molar refractivity (Wildman–Crippen MR) is 79.7 cm³/mol. The molecule has 1 saturated heterocycles. The first-order valence-corrected chi connectivity index (χ1v) is 8.06. The molecule has 6 nitrogen and oxygen atoms in total. The first kappa shape index (κ1) is 14.5. The fourth-order valence-corrected chi connectivity index (χ4v) is 2.98. The summed E-state index contributed by atoms with van der Waals surface area (Å²) in [6.45, 7) is 2.80. The molecule has 0 spiro atoms. The second kappa shape index (κ2) is 6.56. The maximum Gasteiger partial charge on any atom is 0.222 e. The molecule has 0 unspecified atom stereocenters. The minimum atomic E-state index is 0.347. The van der Waals surface area contributed by atoms with Crippen LogP contribution >= 0.6 is 0 Å². The second-order valence-corrected chi connectivity index (χ2v) is 6.31. The molecule has 2 aliphatic rings. The van der Waals surface area contributed by atoms with Crippen molar-refractivity contribution in [3.63, 3.8) is 0 Å². The van der Waals surface area contributed by atoms with Crippen molar-refractivity contribution in [1.82, 2.24) is 25.0 Å². The summed E-state index contributed by atoms with van der Waals surface area (Å²) < 4.78 is 1.82. The van der Waals surface area contributed by atoms with Gasteiger partial charge in [0.2, 0.25) is 5.91 Å². The fourth-order valence-electron chi connectivity index (χ4n) is 2.98. The van der Waals surface area contributed by atoms with Gasteiger partial charge in [0.25, 0.3) is 0 Å². The Hall–Kier alpha value is -1.43. The van der Waals surface area contributed by atoms with Crippen LogP contribution in [0.2, 0.25) is 0 Å². The Kier molecular flexibility index (Phi) is 4.53. The van der Waals surface area contributed by atoms with Crippen molar-refractivity contribution < 1.29 is 4.79 Å². The first-order chi connectivity index (χ1) is 10.2. The van der Waals surface area contributed by atoms with E-state index < -0.39 is 0 Å². The van der Waals surface area contributed by atoms with E-state index >= 15 is 0 Å². The van der Waals surface area contributed by atoms with Crippen LogP contribution in [0.1, 0.15) is 37.9 Å². The largest absolute Gasteiger partial charge is 0.342 e. The molecule has 1 N–H and O–H groups in total. The van der Waals surface area contributed by atoms with Crippen molar-refractivity contribution in [3.05, 3.63) is 12.2 Å². The molecule has 21 heavy (non-hydrogen) atoms. The van der Waals surface area contributed by atoms with Crippen molar-refractivity contribution in [3.8, 4) is 0 Å². The molecule has 116 valence electrons. The summed E-state index contributed by atoms with van der Waals surface area (Å²) in [5.41, 5.74) is 0. The molecule has 1 aromatic rings. The van der Waals surface area contributed by atoms with E-state index in [1.165, 1.54) is 12.8 Å². The van der Waals surface area contributed by atoms with Gasteiger partial charge in [-0.25, -0.2) is 4.98 Å². The predicted octanol–water partition coefficient (Wildman–Crippen LogP) is 0.738. The standard InChI is InChI=1S/C15H25N5O/c1-19-14(17-11-18-19)6-8-16-13-4-5-15(21)20(9-7-13)10-12-2-3-12/h11-13,16H,2-10H2,1H3/t13-/m0/s1. The zero-order valence-corrected chi connectivity index (χ0v) is 12.8. The summed E-state index contributed by atoms with van der Waals surface area (Å²) in [5.74, 6) is 2.14. The average Bonchev–Trinajstić information content (AvgIpc) is 3.23. The summed E-state index contributed by atoms with van der Waals surface area (Å²) in [7, 11) is 1.92. The highest BCUT2D eigenvalue weighted by Crippen LogP contribution is 2.30. The number of aromatic nitrogens is 3. The molecule has 6 heteroatoms. The normalized spacial score (nSPS) is 23.4. The van der Waals surface area contributed by atoms with E-state index in [-0.39, 0.29) is 0 Å². The summed E-state index contributed by atoms with van der Waals surface area (Å²) >= 11 is 0. The number of rotatable bonds is 6. The van der Waals surface area contributed by atoms with Crippen LogP contribution in [-0.4, -0.2) is 51.2 Å². The summed E-state index contributed by atoms with van der Waals surface area (Å²) in [6, 6.07) is 0.450. The van der Waals surface area contributed by atoms with E-state index in [0.717, 1.165) is 50.6 Å². The lowest BCUT2D eigenvalue weighted by atomic mass is 10.1. The van der Waals surface area contributed by atoms with Gasteiger partial charge in [0.15, 0.2) is 0 Å². The summed E-state index contributed by atoms with van der Waals surface area (Å²) in [6.07, 6.45) is 7.80. The van der Waals surface area contributed by atoms with Gasteiger partial charge in [-0.05, 0) is 31.6 Å². The van der Waals surface area contributed by atoms with Crippen molar-refractivity contribution in [2.75, 3.05) is 19.6 Å². The second-order valence-electron chi connectivity index (χ2n) is 6.31. The number of nitrogens with one attached hydrogen (secondary N) is 1. The molecule has 1 aromatic heterocycles. The van der Waals surface area contributed by atoms with Gasteiger partial charge in [0.05, 0.1) is 0 Å². The number of hydrogen-bond donors (Lipinski definition) is 1. The van der Waals surface area contributed by atoms with Crippen LogP contribution in [0.3, 0.4) is 0 Å². The van der Waals surface area contributed by atoms with Crippen molar-refractivity contribution in [1.29, 1.82) is 0 Å². The SMILES string of the molecule is Cn1ncnc1CCN[C@H]1CCC(=O)N(CC2CC2)CC1. The van der Waals surface area contributed by atoms with Crippen LogP contribution in [0.15, 0.2) is 6.33 Å².